The number of fused-ring (bicyclic) bond motifs is 1. The van der Waals surface area contributed by atoms with Crippen LogP contribution < -0.4 is 14.8 Å². The Labute approximate surface area is 118 Å². The summed E-state index contributed by atoms with van der Waals surface area (Å²) >= 11 is 0. The largest absolute Gasteiger partial charge is 0.454 e. The molecule has 3 rings (SSSR count). The van der Waals surface area contributed by atoms with Crippen LogP contribution in [0.3, 0.4) is 0 Å². The van der Waals surface area contributed by atoms with Crippen LogP contribution in [0, 0.1) is 0 Å². The lowest BCUT2D eigenvalue weighted by atomic mass is 10.2. The van der Waals surface area contributed by atoms with Gasteiger partial charge in [0.05, 0.1) is 6.04 Å². The fraction of sp³-hybridized carbons (Fsp3) is 0.533. The first kappa shape index (κ1) is 13.2. The molecule has 2 heterocycles. The Balaban J connectivity index is 1.62. The van der Waals surface area contributed by atoms with Gasteiger partial charge in [-0.3, -0.25) is 4.79 Å². The van der Waals surface area contributed by atoms with E-state index in [1.54, 1.807) is 0 Å². The van der Waals surface area contributed by atoms with Gasteiger partial charge in [0.1, 0.15) is 0 Å². The summed E-state index contributed by atoms with van der Waals surface area (Å²) in [4.78, 5) is 14.2. The second kappa shape index (κ2) is 5.71. The summed E-state index contributed by atoms with van der Waals surface area (Å²) in [5.41, 5.74) is 1.08. The normalized spacial score (nSPS) is 20.8. The second-order valence-corrected chi connectivity index (χ2v) is 5.24. The van der Waals surface area contributed by atoms with Crippen molar-refractivity contribution in [3.8, 4) is 11.5 Å². The number of carbonyl (C=O) groups excluding carboxylic acids is 1. The summed E-state index contributed by atoms with van der Waals surface area (Å²) in [7, 11) is 0. The highest BCUT2D eigenvalue weighted by Gasteiger charge is 2.31. The number of hydrogen-bond donors (Lipinski definition) is 1. The summed E-state index contributed by atoms with van der Waals surface area (Å²) in [6, 6.07) is 5.85. The van der Waals surface area contributed by atoms with E-state index in [2.05, 4.69) is 12.2 Å². The second-order valence-electron chi connectivity index (χ2n) is 5.24. The van der Waals surface area contributed by atoms with Gasteiger partial charge in [0, 0.05) is 13.1 Å². The molecular weight excluding hydrogens is 256 g/mol. The van der Waals surface area contributed by atoms with Gasteiger partial charge in [0.15, 0.2) is 11.5 Å². The molecule has 2 aliphatic rings. The number of nitrogens with one attached hydrogen (secondary N) is 1. The minimum Gasteiger partial charge on any atom is -0.454 e. The number of carbonyl (C=O) groups is 1. The first-order chi connectivity index (χ1) is 9.78. The van der Waals surface area contributed by atoms with Gasteiger partial charge in [0.2, 0.25) is 12.7 Å². The molecule has 1 aromatic rings. The van der Waals surface area contributed by atoms with Crippen LogP contribution in [0.4, 0.5) is 0 Å². The van der Waals surface area contributed by atoms with Crippen LogP contribution in [0.5, 0.6) is 11.5 Å². The minimum absolute atomic E-state index is 0.0102. The lowest BCUT2D eigenvalue weighted by Gasteiger charge is -2.17. The fourth-order valence-electron chi connectivity index (χ4n) is 2.66. The van der Waals surface area contributed by atoms with Gasteiger partial charge in [-0.1, -0.05) is 13.0 Å². The molecule has 1 unspecified atom stereocenters. The zero-order valence-electron chi connectivity index (χ0n) is 11.7. The smallest absolute Gasteiger partial charge is 0.240 e. The van der Waals surface area contributed by atoms with Crippen LogP contribution in [0.25, 0.3) is 0 Å². The summed E-state index contributed by atoms with van der Waals surface area (Å²) in [5.74, 6) is 1.76. The van der Waals surface area contributed by atoms with Gasteiger partial charge < -0.3 is 19.7 Å². The predicted octanol–water partition coefficient (Wildman–Crippen LogP) is 1.52. The van der Waals surface area contributed by atoms with E-state index in [4.69, 9.17) is 9.47 Å². The highest BCUT2D eigenvalue weighted by molar-refractivity contribution is 5.84. The number of hydrogen-bond acceptors (Lipinski definition) is 4. The molecule has 5 heteroatoms. The molecule has 5 nitrogen and oxygen atoms in total. The molecule has 1 amide bonds. The van der Waals surface area contributed by atoms with Crippen LogP contribution in [0.1, 0.15) is 25.3 Å². The molecule has 0 saturated carbocycles. The Bertz CT molecular complexity index is 504. The Morgan fingerprint density at radius 2 is 2.20 bits per heavy atom. The third-order valence-electron chi connectivity index (χ3n) is 3.75. The molecule has 1 aromatic carbocycles. The van der Waals surface area contributed by atoms with Crippen molar-refractivity contribution in [2.75, 3.05) is 19.9 Å². The first-order valence-corrected chi connectivity index (χ1v) is 7.18. The van der Waals surface area contributed by atoms with Crippen molar-refractivity contribution in [3.63, 3.8) is 0 Å². The number of benzene rings is 1. The number of amides is 1. The van der Waals surface area contributed by atoms with Gasteiger partial charge in [-0.2, -0.15) is 0 Å². The van der Waals surface area contributed by atoms with Gasteiger partial charge in [-0.15, -0.1) is 0 Å². The average Bonchev–Trinajstić information content (AvgIpc) is 3.05. The van der Waals surface area contributed by atoms with Crippen LogP contribution in [-0.2, 0) is 11.3 Å². The number of likely N-dealkylation sites (tertiary alicyclic amines) is 1. The van der Waals surface area contributed by atoms with E-state index in [1.807, 2.05) is 23.1 Å². The molecule has 0 spiro atoms. The quantitative estimate of drug-likeness (QED) is 0.886. The summed E-state index contributed by atoms with van der Waals surface area (Å²) < 4.78 is 10.7. The van der Waals surface area contributed by atoms with Gasteiger partial charge in [0.25, 0.3) is 0 Å². The van der Waals surface area contributed by atoms with Crippen molar-refractivity contribution in [3.05, 3.63) is 23.8 Å². The van der Waals surface area contributed by atoms with Gasteiger partial charge >= 0.3 is 0 Å². The van der Waals surface area contributed by atoms with Crippen molar-refractivity contribution in [2.24, 2.45) is 0 Å². The zero-order valence-corrected chi connectivity index (χ0v) is 11.7. The number of ether oxygens (including phenoxy) is 2. The van der Waals surface area contributed by atoms with Crippen molar-refractivity contribution in [1.29, 1.82) is 0 Å². The summed E-state index contributed by atoms with van der Waals surface area (Å²) in [6.45, 7) is 4.74. The van der Waals surface area contributed by atoms with Crippen LogP contribution >= 0.6 is 0 Å². The average molecular weight is 276 g/mol. The Morgan fingerprint density at radius 1 is 1.35 bits per heavy atom. The zero-order chi connectivity index (χ0) is 13.9. The van der Waals surface area contributed by atoms with Crippen molar-refractivity contribution in [1.82, 2.24) is 10.2 Å². The lowest BCUT2D eigenvalue weighted by Crippen LogP contribution is -2.38. The standard InChI is InChI=1S/C15H20N2O3/c1-2-6-16-12-5-7-17(15(12)18)9-11-3-4-13-14(8-11)20-10-19-13/h3-4,8,12,16H,2,5-7,9-10H2,1H3. The van der Waals surface area contributed by atoms with Crippen molar-refractivity contribution in [2.45, 2.75) is 32.4 Å². The van der Waals surface area contributed by atoms with E-state index < -0.39 is 0 Å². The van der Waals surface area contributed by atoms with E-state index in [0.29, 0.717) is 6.54 Å². The SMILES string of the molecule is CCCNC1CCN(Cc2ccc3c(c2)OCO3)C1=O. The van der Waals surface area contributed by atoms with Crippen molar-refractivity contribution >= 4 is 5.91 Å². The van der Waals surface area contributed by atoms with Crippen molar-refractivity contribution < 1.29 is 14.3 Å². The minimum atomic E-state index is -0.0102. The topological polar surface area (TPSA) is 50.8 Å². The van der Waals surface area contributed by atoms with Crippen LogP contribution in [0.2, 0.25) is 0 Å². The van der Waals surface area contributed by atoms with E-state index >= 15 is 0 Å². The van der Waals surface area contributed by atoms with Gasteiger partial charge in [-0.05, 0) is 37.1 Å². The van der Waals surface area contributed by atoms with Crippen LogP contribution in [0.15, 0.2) is 18.2 Å². The van der Waals surface area contributed by atoms with Crippen LogP contribution in [-0.4, -0.2) is 36.7 Å². The molecule has 0 aromatic heterocycles. The van der Waals surface area contributed by atoms with E-state index in [0.717, 1.165) is 43.0 Å². The highest BCUT2D eigenvalue weighted by Crippen LogP contribution is 2.33. The lowest BCUT2D eigenvalue weighted by molar-refractivity contribution is -0.129. The Kier molecular flexibility index (Phi) is 3.78. The molecule has 1 atom stereocenters. The third kappa shape index (κ3) is 2.58. The first-order valence-electron chi connectivity index (χ1n) is 7.18. The highest BCUT2D eigenvalue weighted by atomic mass is 16.7. The molecular formula is C15H20N2O3. The molecule has 0 aliphatic carbocycles. The molecule has 2 aliphatic heterocycles. The molecule has 0 bridgehead atoms. The van der Waals surface area contributed by atoms with Gasteiger partial charge in [-0.25, -0.2) is 0 Å². The summed E-state index contributed by atoms with van der Waals surface area (Å²) in [5, 5.41) is 3.30. The Morgan fingerprint density at radius 3 is 3.05 bits per heavy atom. The number of rotatable bonds is 5. The molecule has 108 valence electrons. The fourth-order valence-corrected chi connectivity index (χ4v) is 2.66. The van der Waals surface area contributed by atoms with E-state index in [9.17, 15) is 4.79 Å². The predicted molar refractivity (Wildman–Crippen MR) is 74.7 cm³/mol. The third-order valence-corrected chi connectivity index (χ3v) is 3.75. The maximum Gasteiger partial charge on any atom is 0.240 e. The molecule has 1 N–H and O–H groups in total. The molecule has 20 heavy (non-hydrogen) atoms. The van der Waals surface area contributed by atoms with E-state index in [-0.39, 0.29) is 18.7 Å². The maximum absolute atomic E-state index is 12.3. The van der Waals surface area contributed by atoms with E-state index in [1.165, 1.54) is 0 Å². The molecule has 1 saturated heterocycles. The maximum atomic E-state index is 12.3. The monoisotopic (exact) mass is 276 g/mol. The molecule has 1 fully saturated rings. The summed E-state index contributed by atoms with van der Waals surface area (Å²) in [6.07, 6.45) is 1.94. The Hall–Kier alpha value is -1.75. The number of nitrogens with zero attached hydrogens (tertiary/aromatic N) is 1. The molecule has 0 radical (unpaired) electrons.